The fourth-order valence-corrected chi connectivity index (χ4v) is 2.70. The van der Waals surface area contributed by atoms with Crippen LogP contribution in [0.3, 0.4) is 0 Å². The summed E-state index contributed by atoms with van der Waals surface area (Å²) in [6, 6.07) is 0.383. The Kier molecular flexibility index (Phi) is 11.4. The summed E-state index contributed by atoms with van der Waals surface area (Å²) in [5.41, 5.74) is 0. The van der Waals surface area contributed by atoms with E-state index in [4.69, 9.17) is 0 Å². The topological polar surface area (TPSA) is 61.4 Å². The van der Waals surface area contributed by atoms with Crippen molar-refractivity contribution in [2.75, 3.05) is 26.2 Å². The van der Waals surface area contributed by atoms with Crippen molar-refractivity contribution in [1.29, 1.82) is 0 Å². The van der Waals surface area contributed by atoms with Crippen molar-refractivity contribution < 1.29 is 9.59 Å². The average molecular weight is 320 g/mol. The second-order valence-electron chi connectivity index (χ2n) is 5.38. The number of nitrogens with zero attached hydrogens (tertiary/aromatic N) is 1. The minimum atomic E-state index is 0. The van der Waals surface area contributed by atoms with Gasteiger partial charge in [0, 0.05) is 32.0 Å². The first-order chi connectivity index (χ1) is 9.69. The maximum absolute atomic E-state index is 12.3. The summed E-state index contributed by atoms with van der Waals surface area (Å²) in [6.45, 7) is 7.50. The van der Waals surface area contributed by atoms with Crippen LogP contribution in [0.4, 0.5) is 0 Å². The van der Waals surface area contributed by atoms with Crippen molar-refractivity contribution in [2.24, 2.45) is 0 Å². The van der Waals surface area contributed by atoms with Gasteiger partial charge in [0.25, 0.3) is 0 Å². The Morgan fingerprint density at radius 1 is 1.19 bits per heavy atom. The molecule has 1 fully saturated rings. The summed E-state index contributed by atoms with van der Waals surface area (Å²) in [6.07, 6.45) is 4.67. The highest BCUT2D eigenvalue weighted by Crippen LogP contribution is 2.15. The number of rotatable bonds is 8. The van der Waals surface area contributed by atoms with Crippen LogP contribution >= 0.6 is 12.4 Å². The SMILES string of the molecule is CCCN(C(=O)CCCC(=O)NCC)C1CCNCC1.Cl. The largest absolute Gasteiger partial charge is 0.356 e. The Hall–Kier alpha value is -0.810. The Labute approximate surface area is 134 Å². The van der Waals surface area contributed by atoms with Gasteiger partial charge in [-0.1, -0.05) is 6.92 Å². The van der Waals surface area contributed by atoms with E-state index in [0.717, 1.165) is 38.9 Å². The van der Waals surface area contributed by atoms with Gasteiger partial charge in [0.15, 0.2) is 0 Å². The van der Waals surface area contributed by atoms with Gasteiger partial charge in [-0.05, 0) is 45.7 Å². The fourth-order valence-electron chi connectivity index (χ4n) is 2.70. The smallest absolute Gasteiger partial charge is 0.222 e. The molecule has 0 aromatic carbocycles. The highest BCUT2D eigenvalue weighted by molar-refractivity contribution is 5.85. The lowest BCUT2D eigenvalue weighted by molar-refractivity contribution is -0.134. The van der Waals surface area contributed by atoms with Gasteiger partial charge in [-0.15, -0.1) is 12.4 Å². The summed E-state index contributed by atoms with van der Waals surface area (Å²) >= 11 is 0. The van der Waals surface area contributed by atoms with Crippen molar-refractivity contribution in [2.45, 2.75) is 58.4 Å². The molecule has 0 aliphatic carbocycles. The molecule has 0 unspecified atom stereocenters. The first-order valence-electron chi connectivity index (χ1n) is 7.95. The van der Waals surface area contributed by atoms with E-state index in [1.54, 1.807) is 0 Å². The second kappa shape index (κ2) is 11.8. The Bertz CT molecular complexity index is 307. The van der Waals surface area contributed by atoms with Crippen molar-refractivity contribution in [3.8, 4) is 0 Å². The highest BCUT2D eigenvalue weighted by atomic mass is 35.5. The van der Waals surface area contributed by atoms with Gasteiger partial charge in [-0.25, -0.2) is 0 Å². The molecule has 0 bridgehead atoms. The molecule has 1 rings (SSSR count). The van der Waals surface area contributed by atoms with Crippen LogP contribution in [0.2, 0.25) is 0 Å². The number of piperidine rings is 1. The van der Waals surface area contributed by atoms with Crippen LogP contribution < -0.4 is 10.6 Å². The Morgan fingerprint density at radius 3 is 2.43 bits per heavy atom. The summed E-state index contributed by atoms with van der Waals surface area (Å²) in [5, 5.41) is 6.10. The zero-order valence-corrected chi connectivity index (χ0v) is 14.1. The number of halogens is 1. The third-order valence-electron chi connectivity index (χ3n) is 3.70. The summed E-state index contributed by atoms with van der Waals surface area (Å²) in [7, 11) is 0. The van der Waals surface area contributed by atoms with E-state index in [1.807, 2.05) is 11.8 Å². The molecule has 1 saturated heterocycles. The number of hydrogen-bond donors (Lipinski definition) is 2. The normalized spacial score (nSPS) is 15.1. The molecule has 21 heavy (non-hydrogen) atoms. The van der Waals surface area contributed by atoms with Crippen molar-refractivity contribution >= 4 is 24.2 Å². The molecule has 2 amide bonds. The predicted octanol–water partition coefficient (Wildman–Crippen LogP) is 1.71. The van der Waals surface area contributed by atoms with Gasteiger partial charge in [0.05, 0.1) is 0 Å². The number of carbonyl (C=O) groups excluding carboxylic acids is 2. The minimum Gasteiger partial charge on any atom is -0.356 e. The van der Waals surface area contributed by atoms with Gasteiger partial charge in [-0.2, -0.15) is 0 Å². The van der Waals surface area contributed by atoms with E-state index in [0.29, 0.717) is 31.8 Å². The Morgan fingerprint density at radius 2 is 1.86 bits per heavy atom. The molecular weight excluding hydrogens is 290 g/mol. The van der Waals surface area contributed by atoms with E-state index in [-0.39, 0.29) is 24.2 Å². The standard InChI is InChI=1S/C15H29N3O2.ClH/c1-3-12-18(13-8-10-16-11-9-13)15(20)7-5-6-14(19)17-4-2;/h13,16H,3-12H2,1-2H3,(H,17,19);1H. The van der Waals surface area contributed by atoms with E-state index in [1.165, 1.54) is 0 Å². The fraction of sp³-hybridized carbons (Fsp3) is 0.867. The highest BCUT2D eigenvalue weighted by Gasteiger charge is 2.24. The van der Waals surface area contributed by atoms with Crippen LogP contribution in [0.1, 0.15) is 52.4 Å². The molecule has 6 heteroatoms. The molecule has 0 aromatic rings. The van der Waals surface area contributed by atoms with E-state index in [2.05, 4.69) is 17.6 Å². The zero-order chi connectivity index (χ0) is 14.8. The van der Waals surface area contributed by atoms with Crippen LogP contribution in [0.5, 0.6) is 0 Å². The van der Waals surface area contributed by atoms with Crippen molar-refractivity contribution in [3.05, 3.63) is 0 Å². The quantitative estimate of drug-likeness (QED) is 0.716. The molecule has 0 spiro atoms. The monoisotopic (exact) mass is 319 g/mol. The van der Waals surface area contributed by atoms with Crippen LogP contribution in [-0.4, -0.2) is 48.9 Å². The number of hydrogen-bond acceptors (Lipinski definition) is 3. The lowest BCUT2D eigenvalue weighted by atomic mass is 10.0. The third-order valence-corrected chi connectivity index (χ3v) is 3.70. The van der Waals surface area contributed by atoms with E-state index < -0.39 is 0 Å². The van der Waals surface area contributed by atoms with Crippen LogP contribution in [0.25, 0.3) is 0 Å². The van der Waals surface area contributed by atoms with Gasteiger partial charge in [0.2, 0.25) is 11.8 Å². The second-order valence-corrected chi connectivity index (χ2v) is 5.38. The number of nitrogens with one attached hydrogen (secondary N) is 2. The molecule has 124 valence electrons. The van der Waals surface area contributed by atoms with Gasteiger partial charge in [0.1, 0.15) is 0 Å². The molecule has 1 aliphatic rings. The van der Waals surface area contributed by atoms with Gasteiger partial charge < -0.3 is 15.5 Å². The first kappa shape index (κ1) is 20.2. The molecule has 5 nitrogen and oxygen atoms in total. The molecule has 0 radical (unpaired) electrons. The zero-order valence-electron chi connectivity index (χ0n) is 13.3. The maximum Gasteiger partial charge on any atom is 0.222 e. The van der Waals surface area contributed by atoms with Gasteiger partial charge >= 0.3 is 0 Å². The summed E-state index contributed by atoms with van der Waals surface area (Å²) < 4.78 is 0. The van der Waals surface area contributed by atoms with Crippen LogP contribution in [0.15, 0.2) is 0 Å². The molecule has 1 aliphatic heterocycles. The third kappa shape index (κ3) is 7.67. The predicted molar refractivity (Wildman–Crippen MR) is 87.7 cm³/mol. The Balaban J connectivity index is 0.00000400. The molecule has 0 atom stereocenters. The van der Waals surface area contributed by atoms with Crippen LogP contribution in [0, 0.1) is 0 Å². The first-order valence-corrected chi connectivity index (χ1v) is 7.95. The summed E-state index contributed by atoms with van der Waals surface area (Å²) in [5.74, 6) is 0.257. The molecule has 1 heterocycles. The van der Waals surface area contributed by atoms with Crippen molar-refractivity contribution in [3.63, 3.8) is 0 Å². The number of amides is 2. The molecular formula is C15H30ClN3O2. The summed E-state index contributed by atoms with van der Waals surface area (Å²) in [4.78, 5) is 25.8. The number of carbonyl (C=O) groups is 2. The minimum absolute atomic E-state index is 0. The van der Waals surface area contributed by atoms with Crippen LogP contribution in [-0.2, 0) is 9.59 Å². The lowest BCUT2D eigenvalue weighted by Crippen LogP contribution is -2.46. The van der Waals surface area contributed by atoms with Crippen molar-refractivity contribution in [1.82, 2.24) is 15.5 Å². The van der Waals surface area contributed by atoms with E-state index in [9.17, 15) is 9.59 Å². The van der Waals surface area contributed by atoms with Gasteiger partial charge in [-0.3, -0.25) is 9.59 Å². The van der Waals surface area contributed by atoms with E-state index >= 15 is 0 Å². The lowest BCUT2D eigenvalue weighted by Gasteiger charge is -2.34. The molecule has 0 aromatic heterocycles. The average Bonchev–Trinajstić information content (AvgIpc) is 2.46. The molecule has 2 N–H and O–H groups in total. The molecule has 0 saturated carbocycles. The maximum atomic E-state index is 12.3.